The Kier molecular flexibility index (Phi) is 3.54. The monoisotopic (exact) mass is 267 g/mol. The number of aliphatic hydroxyl groups excluding tert-OH is 1. The van der Waals surface area contributed by atoms with Gasteiger partial charge < -0.3 is 19.3 Å². The predicted octanol–water partition coefficient (Wildman–Crippen LogP) is 1.12. The second-order valence-electron chi connectivity index (χ2n) is 5.96. The van der Waals surface area contributed by atoms with Crippen LogP contribution in [-0.2, 0) is 11.8 Å². The van der Waals surface area contributed by atoms with Crippen LogP contribution in [0.3, 0.4) is 0 Å². The van der Waals surface area contributed by atoms with Crippen molar-refractivity contribution in [3.63, 3.8) is 0 Å². The van der Waals surface area contributed by atoms with Gasteiger partial charge in [0.25, 0.3) is 0 Å². The Morgan fingerprint density at radius 3 is 2.68 bits per heavy atom. The van der Waals surface area contributed by atoms with E-state index in [1.165, 1.54) is 4.90 Å². The summed E-state index contributed by atoms with van der Waals surface area (Å²) in [6.45, 7) is 6.20. The smallest absolute Gasteiger partial charge is 0.410 e. The summed E-state index contributed by atoms with van der Waals surface area (Å²) in [5.74, 6) is 0.631. The summed E-state index contributed by atoms with van der Waals surface area (Å²) >= 11 is 0. The normalized spacial score (nSPS) is 23.7. The Bertz CT molecular complexity index is 464. The number of nitrogens with zero attached hydrogens (tertiary/aromatic N) is 3. The molecule has 1 fully saturated rings. The van der Waals surface area contributed by atoms with E-state index in [0.717, 1.165) is 5.82 Å². The molecule has 6 heteroatoms. The number of aliphatic hydroxyl groups is 1. The third-order valence-electron chi connectivity index (χ3n) is 3.13. The minimum absolute atomic E-state index is 0.160. The van der Waals surface area contributed by atoms with Crippen LogP contribution in [0.1, 0.15) is 32.5 Å². The van der Waals surface area contributed by atoms with Gasteiger partial charge >= 0.3 is 6.09 Å². The average Bonchev–Trinajstić information content (AvgIpc) is 2.82. The van der Waals surface area contributed by atoms with Gasteiger partial charge in [-0.2, -0.15) is 0 Å². The molecular weight excluding hydrogens is 246 g/mol. The summed E-state index contributed by atoms with van der Waals surface area (Å²) < 4.78 is 7.18. The molecule has 2 heterocycles. The van der Waals surface area contributed by atoms with Gasteiger partial charge in [0.2, 0.25) is 0 Å². The van der Waals surface area contributed by atoms with Gasteiger partial charge in [-0.05, 0) is 20.8 Å². The van der Waals surface area contributed by atoms with Crippen LogP contribution in [0.2, 0.25) is 0 Å². The molecule has 19 heavy (non-hydrogen) atoms. The van der Waals surface area contributed by atoms with Crippen molar-refractivity contribution in [3.8, 4) is 0 Å². The van der Waals surface area contributed by atoms with E-state index in [-0.39, 0.29) is 18.6 Å². The second kappa shape index (κ2) is 4.85. The molecule has 1 saturated heterocycles. The standard InChI is InChI=1S/C13H21N3O3/c1-13(2,3)19-12(18)16-7-9(10(17)8-16)11-14-5-6-15(11)4/h5-6,9-10,17H,7-8H2,1-4H3/t9-,10-/m1/s1. The van der Waals surface area contributed by atoms with E-state index < -0.39 is 11.7 Å². The molecule has 0 aliphatic carbocycles. The molecule has 0 spiro atoms. The third kappa shape index (κ3) is 3.07. The van der Waals surface area contributed by atoms with Crippen molar-refractivity contribution in [3.05, 3.63) is 18.2 Å². The first-order valence-corrected chi connectivity index (χ1v) is 6.41. The van der Waals surface area contributed by atoms with E-state index in [9.17, 15) is 9.90 Å². The van der Waals surface area contributed by atoms with E-state index in [1.54, 1.807) is 6.20 Å². The first-order chi connectivity index (χ1) is 8.78. The van der Waals surface area contributed by atoms with E-state index in [4.69, 9.17) is 4.74 Å². The van der Waals surface area contributed by atoms with Crippen molar-refractivity contribution in [1.29, 1.82) is 0 Å². The van der Waals surface area contributed by atoms with Crippen molar-refractivity contribution < 1.29 is 14.6 Å². The minimum atomic E-state index is -0.603. The Morgan fingerprint density at radius 2 is 2.16 bits per heavy atom. The fourth-order valence-electron chi connectivity index (χ4n) is 2.25. The predicted molar refractivity (Wildman–Crippen MR) is 69.8 cm³/mol. The third-order valence-corrected chi connectivity index (χ3v) is 3.13. The molecule has 106 valence electrons. The quantitative estimate of drug-likeness (QED) is 0.828. The molecule has 1 N–H and O–H groups in total. The van der Waals surface area contributed by atoms with Crippen LogP contribution in [-0.4, -0.2) is 50.4 Å². The number of aryl methyl sites for hydroxylation is 1. The maximum atomic E-state index is 12.0. The van der Waals surface area contributed by atoms with Crippen LogP contribution in [0.15, 0.2) is 12.4 Å². The lowest BCUT2D eigenvalue weighted by Gasteiger charge is -2.24. The highest BCUT2D eigenvalue weighted by Crippen LogP contribution is 2.27. The molecule has 1 aliphatic rings. The van der Waals surface area contributed by atoms with Crippen LogP contribution >= 0.6 is 0 Å². The molecule has 2 atom stereocenters. The largest absolute Gasteiger partial charge is 0.444 e. The molecule has 0 aromatic carbocycles. The number of rotatable bonds is 1. The van der Waals surface area contributed by atoms with E-state index >= 15 is 0 Å². The molecule has 1 aliphatic heterocycles. The summed E-state index contributed by atoms with van der Waals surface area (Å²) in [6, 6.07) is 0. The molecule has 0 bridgehead atoms. The number of imidazole rings is 1. The lowest BCUT2D eigenvalue weighted by molar-refractivity contribution is 0.0270. The first kappa shape index (κ1) is 13.9. The lowest BCUT2D eigenvalue weighted by atomic mass is 10.1. The van der Waals surface area contributed by atoms with E-state index in [2.05, 4.69) is 4.98 Å². The van der Waals surface area contributed by atoms with E-state index in [1.807, 2.05) is 38.6 Å². The highest BCUT2D eigenvalue weighted by atomic mass is 16.6. The van der Waals surface area contributed by atoms with Gasteiger partial charge in [-0.3, -0.25) is 0 Å². The number of aromatic nitrogens is 2. The van der Waals surface area contributed by atoms with Gasteiger partial charge in [0, 0.05) is 26.0 Å². The summed E-state index contributed by atoms with van der Waals surface area (Å²) in [5, 5.41) is 10.1. The maximum Gasteiger partial charge on any atom is 0.410 e. The molecule has 2 rings (SSSR count). The van der Waals surface area contributed by atoms with Gasteiger partial charge in [-0.25, -0.2) is 9.78 Å². The molecule has 1 amide bonds. The molecule has 0 saturated carbocycles. The fourth-order valence-corrected chi connectivity index (χ4v) is 2.25. The number of carbonyl (C=O) groups is 1. The van der Waals surface area contributed by atoms with Crippen LogP contribution in [0.4, 0.5) is 4.79 Å². The van der Waals surface area contributed by atoms with Gasteiger partial charge in [-0.15, -0.1) is 0 Å². The number of hydrogen-bond donors (Lipinski definition) is 1. The lowest BCUT2D eigenvalue weighted by Crippen LogP contribution is -2.35. The highest BCUT2D eigenvalue weighted by molar-refractivity contribution is 5.68. The number of carbonyl (C=O) groups excluding carboxylic acids is 1. The summed E-state index contributed by atoms with van der Waals surface area (Å²) in [4.78, 5) is 17.7. The van der Waals surface area contributed by atoms with Crippen molar-refractivity contribution in [2.75, 3.05) is 13.1 Å². The SMILES string of the molecule is Cn1ccnc1[C@@H]1CN(C(=O)OC(C)(C)C)C[C@H]1O. The number of ether oxygens (including phenoxy) is 1. The summed E-state index contributed by atoms with van der Waals surface area (Å²) in [7, 11) is 1.88. The Morgan fingerprint density at radius 1 is 1.47 bits per heavy atom. The zero-order chi connectivity index (χ0) is 14.2. The Labute approximate surface area is 113 Å². The topological polar surface area (TPSA) is 67.6 Å². The van der Waals surface area contributed by atoms with Crippen LogP contribution in [0.25, 0.3) is 0 Å². The van der Waals surface area contributed by atoms with Gasteiger partial charge in [0.1, 0.15) is 11.4 Å². The van der Waals surface area contributed by atoms with Crippen LogP contribution in [0.5, 0.6) is 0 Å². The maximum absolute atomic E-state index is 12.0. The molecule has 6 nitrogen and oxygen atoms in total. The number of likely N-dealkylation sites (tertiary alicyclic amines) is 1. The van der Waals surface area contributed by atoms with Crippen molar-refractivity contribution in [1.82, 2.24) is 14.5 Å². The van der Waals surface area contributed by atoms with Gasteiger partial charge in [0.15, 0.2) is 0 Å². The Hall–Kier alpha value is -1.56. The summed E-state index contributed by atoms with van der Waals surface area (Å²) in [6.07, 6.45) is 2.54. The first-order valence-electron chi connectivity index (χ1n) is 6.41. The van der Waals surface area contributed by atoms with Gasteiger partial charge in [0.05, 0.1) is 18.6 Å². The number of hydrogen-bond acceptors (Lipinski definition) is 4. The zero-order valence-electron chi connectivity index (χ0n) is 11.8. The van der Waals surface area contributed by atoms with Crippen molar-refractivity contribution >= 4 is 6.09 Å². The van der Waals surface area contributed by atoms with Crippen molar-refractivity contribution in [2.45, 2.75) is 38.4 Å². The van der Waals surface area contributed by atoms with Gasteiger partial charge in [-0.1, -0.05) is 0 Å². The molecular formula is C13H21N3O3. The summed E-state index contributed by atoms with van der Waals surface area (Å²) in [5.41, 5.74) is -0.524. The fraction of sp³-hybridized carbons (Fsp3) is 0.692. The molecule has 0 radical (unpaired) electrons. The molecule has 1 aromatic heterocycles. The Balaban J connectivity index is 2.06. The zero-order valence-corrected chi connectivity index (χ0v) is 11.8. The minimum Gasteiger partial charge on any atom is -0.444 e. The highest BCUT2D eigenvalue weighted by Gasteiger charge is 2.38. The van der Waals surface area contributed by atoms with Crippen LogP contribution < -0.4 is 0 Å². The number of β-amino-alcohol motifs (C(OH)–C–C–N with tert-alkyl or cyclic N) is 1. The molecule has 1 aromatic rings. The second-order valence-corrected chi connectivity index (χ2v) is 5.96. The van der Waals surface area contributed by atoms with E-state index in [0.29, 0.717) is 6.54 Å². The van der Waals surface area contributed by atoms with Crippen LogP contribution in [0, 0.1) is 0 Å². The number of amides is 1. The average molecular weight is 267 g/mol. The van der Waals surface area contributed by atoms with Crippen molar-refractivity contribution in [2.24, 2.45) is 7.05 Å². The molecule has 0 unspecified atom stereocenters.